The first kappa shape index (κ1) is 21.5. The zero-order chi connectivity index (χ0) is 21.8. The second-order valence-corrected chi connectivity index (χ2v) is 9.79. The van der Waals surface area contributed by atoms with E-state index in [-0.39, 0.29) is 19.2 Å². The molecular formula is C22H27N3O5S. The highest BCUT2D eigenvalue weighted by Gasteiger charge is 2.23. The van der Waals surface area contributed by atoms with E-state index in [4.69, 9.17) is 9.47 Å². The summed E-state index contributed by atoms with van der Waals surface area (Å²) in [6.45, 7) is 3.36. The third-order valence-corrected chi connectivity index (χ3v) is 6.59. The Balaban J connectivity index is 1.35. The molecule has 2 aromatic carbocycles. The number of likely N-dealkylation sites (tertiary alicyclic amines) is 1. The van der Waals surface area contributed by atoms with E-state index >= 15 is 0 Å². The molecule has 31 heavy (non-hydrogen) atoms. The Labute approximate surface area is 182 Å². The van der Waals surface area contributed by atoms with Gasteiger partial charge in [-0.25, -0.2) is 8.42 Å². The van der Waals surface area contributed by atoms with Crippen LogP contribution in [0.25, 0.3) is 0 Å². The van der Waals surface area contributed by atoms with Crippen molar-refractivity contribution in [2.75, 3.05) is 37.0 Å². The van der Waals surface area contributed by atoms with Crippen LogP contribution in [-0.4, -0.2) is 51.9 Å². The zero-order valence-electron chi connectivity index (χ0n) is 17.5. The summed E-state index contributed by atoms with van der Waals surface area (Å²) in [5.74, 6) is 0.625. The van der Waals surface area contributed by atoms with E-state index in [0.717, 1.165) is 35.8 Å². The van der Waals surface area contributed by atoms with Gasteiger partial charge in [-0.2, -0.15) is 0 Å². The molecule has 8 nitrogen and oxygen atoms in total. The van der Waals surface area contributed by atoms with Gasteiger partial charge in [0.2, 0.25) is 22.7 Å². The van der Waals surface area contributed by atoms with Crippen molar-refractivity contribution in [2.45, 2.75) is 25.9 Å². The van der Waals surface area contributed by atoms with Crippen LogP contribution in [0.15, 0.2) is 42.5 Å². The summed E-state index contributed by atoms with van der Waals surface area (Å²) in [5.41, 5.74) is 2.57. The number of anilines is 1. The summed E-state index contributed by atoms with van der Waals surface area (Å²) < 4.78 is 36.2. The molecule has 2 aliphatic rings. The number of hydrogen-bond acceptors (Lipinski definition) is 6. The minimum absolute atomic E-state index is 0.0922. The van der Waals surface area contributed by atoms with Crippen LogP contribution in [-0.2, 0) is 27.9 Å². The van der Waals surface area contributed by atoms with Crippen LogP contribution < -0.4 is 19.1 Å². The fourth-order valence-corrected chi connectivity index (χ4v) is 4.64. The molecule has 1 fully saturated rings. The maximum atomic E-state index is 12.5. The zero-order valence-corrected chi connectivity index (χ0v) is 18.4. The van der Waals surface area contributed by atoms with Crippen LogP contribution in [0.4, 0.5) is 5.69 Å². The molecule has 0 bridgehead atoms. The van der Waals surface area contributed by atoms with Gasteiger partial charge in [0.15, 0.2) is 11.5 Å². The van der Waals surface area contributed by atoms with Crippen LogP contribution in [0.3, 0.4) is 0 Å². The van der Waals surface area contributed by atoms with Gasteiger partial charge in [-0.3, -0.25) is 14.0 Å². The number of benzene rings is 2. The summed E-state index contributed by atoms with van der Waals surface area (Å²) in [5, 5.41) is 2.80. The number of sulfonamides is 1. The van der Waals surface area contributed by atoms with E-state index in [1.165, 1.54) is 18.4 Å². The second kappa shape index (κ2) is 9.15. The first-order valence-electron chi connectivity index (χ1n) is 10.3. The largest absolute Gasteiger partial charge is 0.454 e. The topological polar surface area (TPSA) is 88.2 Å². The number of carbonyl (C=O) groups excluding carboxylic acids is 1. The Morgan fingerprint density at radius 3 is 2.42 bits per heavy atom. The Bertz CT molecular complexity index is 1030. The maximum absolute atomic E-state index is 12.5. The standard InChI is InChI=1S/C22H27N3O5S/c1-31(27,28)25(19-8-9-20-21(12-19)30-16-29-20)15-22(26)23-13-17-4-6-18(7-5-17)14-24-10-2-3-11-24/h4-9,12H,2-3,10-11,13-16H2,1H3,(H,23,26). The summed E-state index contributed by atoms with van der Waals surface area (Å²) in [6.07, 6.45) is 3.60. The van der Waals surface area contributed by atoms with E-state index in [1.54, 1.807) is 18.2 Å². The molecule has 2 heterocycles. The number of ether oxygens (including phenoxy) is 2. The quantitative estimate of drug-likeness (QED) is 0.670. The highest BCUT2D eigenvalue weighted by atomic mass is 32.2. The third kappa shape index (κ3) is 5.48. The van der Waals surface area contributed by atoms with Crippen molar-refractivity contribution in [1.29, 1.82) is 0 Å². The number of amides is 1. The van der Waals surface area contributed by atoms with Crippen molar-refractivity contribution in [1.82, 2.24) is 10.2 Å². The van der Waals surface area contributed by atoms with E-state index < -0.39 is 10.0 Å². The second-order valence-electron chi connectivity index (χ2n) is 7.88. The normalized spacial score (nSPS) is 15.8. The number of rotatable bonds is 8. The minimum Gasteiger partial charge on any atom is -0.454 e. The van der Waals surface area contributed by atoms with Crippen LogP contribution in [0, 0.1) is 0 Å². The maximum Gasteiger partial charge on any atom is 0.241 e. The molecule has 2 aliphatic heterocycles. The predicted octanol–water partition coefficient (Wildman–Crippen LogP) is 2.09. The number of nitrogens with zero attached hydrogens (tertiary/aromatic N) is 2. The minimum atomic E-state index is -3.66. The molecule has 0 aromatic heterocycles. The first-order chi connectivity index (χ1) is 14.9. The molecule has 1 amide bonds. The van der Waals surface area contributed by atoms with Crippen molar-refractivity contribution >= 4 is 21.6 Å². The Kier molecular flexibility index (Phi) is 6.33. The van der Waals surface area contributed by atoms with Gasteiger partial charge < -0.3 is 14.8 Å². The van der Waals surface area contributed by atoms with Crippen molar-refractivity contribution < 1.29 is 22.7 Å². The number of nitrogens with one attached hydrogen (secondary N) is 1. The van der Waals surface area contributed by atoms with Gasteiger partial charge in [-0.15, -0.1) is 0 Å². The highest BCUT2D eigenvalue weighted by Crippen LogP contribution is 2.36. The van der Waals surface area contributed by atoms with Gasteiger partial charge in [0.05, 0.1) is 11.9 Å². The van der Waals surface area contributed by atoms with Crippen molar-refractivity contribution in [3.05, 3.63) is 53.6 Å². The SMILES string of the molecule is CS(=O)(=O)N(CC(=O)NCc1ccc(CN2CCCC2)cc1)c1ccc2c(c1)OCO2. The lowest BCUT2D eigenvalue weighted by atomic mass is 10.1. The van der Waals surface area contributed by atoms with Gasteiger partial charge in [-0.1, -0.05) is 24.3 Å². The lowest BCUT2D eigenvalue weighted by molar-refractivity contribution is -0.119. The van der Waals surface area contributed by atoms with Crippen LogP contribution in [0.5, 0.6) is 11.5 Å². The Morgan fingerprint density at radius 2 is 1.71 bits per heavy atom. The van der Waals surface area contributed by atoms with Gasteiger partial charge >= 0.3 is 0 Å². The first-order valence-corrected chi connectivity index (χ1v) is 12.2. The summed E-state index contributed by atoms with van der Waals surface area (Å²) in [6, 6.07) is 13.0. The lowest BCUT2D eigenvalue weighted by Gasteiger charge is -2.22. The number of hydrogen-bond donors (Lipinski definition) is 1. The molecule has 1 saturated heterocycles. The van der Waals surface area contributed by atoms with Crippen LogP contribution >= 0.6 is 0 Å². The third-order valence-electron chi connectivity index (χ3n) is 5.45. The fraction of sp³-hybridized carbons (Fsp3) is 0.409. The van der Waals surface area contributed by atoms with Gasteiger partial charge in [0, 0.05) is 19.2 Å². The molecule has 0 unspecified atom stereocenters. The average molecular weight is 446 g/mol. The fourth-order valence-electron chi connectivity index (χ4n) is 3.79. The molecule has 2 aromatic rings. The van der Waals surface area contributed by atoms with Gasteiger partial charge in [-0.05, 0) is 49.2 Å². The molecular weight excluding hydrogens is 418 g/mol. The van der Waals surface area contributed by atoms with Crippen LogP contribution in [0.2, 0.25) is 0 Å². The van der Waals surface area contributed by atoms with Gasteiger partial charge in [0.1, 0.15) is 6.54 Å². The summed E-state index contributed by atoms with van der Waals surface area (Å²) >= 11 is 0. The number of fused-ring (bicyclic) bond motifs is 1. The van der Waals surface area contributed by atoms with Gasteiger partial charge in [0.25, 0.3) is 0 Å². The lowest BCUT2D eigenvalue weighted by Crippen LogP contribution is -2.40. The highest BCUT2D eigenvalue weighted by molar-refractivity contribution is 7.92. The summed E-state index contributed by atoms with van der Waals surface area (Å²) in [4.78, 5) is 14.9. The summed E-state index contributed by atoms with van der Waals surface area (Å²) in [7, 11) is -3.66. The molecule has 9 heteroatoms. The van der Waals surface area contributed by atoms with Crippen molar-refractivity contribution in [3.63, 3.8) is 0 Å². The van der Waals surface area contributed by atoms with Crippen molar-refractivity contribution in [2.24, 2.45) is 0 Å². The van der Waals surface area contributed by atoms with Crippen molar-refractivity contribution in [3.8, 4) is 11.5 Å². The predicted molar refractivity (Wildman–Crippen MR) is 118 cm³/mol. The van der Waals surface area contributed by atoms with E-state index in [2.05, 4.69) is 22.3 Å². The van der Waals surface area contributed by atoms with E-state index in [1.807, 2.05) is 12.1 Å². The Morgan fingerprint density at radius 1 is 1.03 bits per heavy atom. The number of carbonyl (C=O) groups is 1. The van der Waals surface area contributed by atoms with E-state index in [0.29, 0.717) is 23.7 Å². The van der Waals surface area contributed by atoms with Crippen LogP contribution in [0.1, 0.15) is 24.0 Å². The van der Waals surface area contributed by atoms with E-state index in [9.17, 15) is 13.2 Å². The molecule has 0 saturated carbocycles. The Hall–Kier alpha value is -2.78. The molecule has 0 aliphatic carbocycles. The molecule has 166 valence electrons. The monoisotopic (exact) mass is 445 g/mol. The molecule has 0 atom stereocenters. The molecule has 0 radical (unpaired) electrons. The average Bonchev–Trinajstić information content (AvgIpc) is 3.42. The molecule has 4 rings (SSSR count). The smallest absolute Gasteiger partial charge is 0.241 e. The molecule has 1 N–H and O–H groups in total. The molecule has 0 spiro atoms.